The Hall–Kier alpha value is -2.17. The molecule has 0 spiro atoms. The Labute approximate surface area is 154 Å². The largest absolute Gasteiger partial charge is 0.335 e. The van der Waals surface area contributed by atoms with Gasteiger partial charge in [0.2, 0.25) is 0 Å². The van der Waals surface area contributed by atoms with Gasteiger partial charge in [-0.05, 0) is 76.1 Å². The lowest BCUT2D eigenvalue weighted by molar-refractivity contribution is 0.0628. The van der Waals surface area contributed by atoms with Crippen LogP contribution in [-0.2, 0) is 12.8 Å². The van der Waals surface area contributed by atoms with Crippen LogP contribution >= 0.6 is 0 Å². The van der Waals surface area contributed by atoms with Gasteiger partial charge in [-0.3, -0.25) is 4.79 Å². The van der Waals surface area contributed by atoms with Gasteiger partial charge in [0, 0.05) is 23.8 Å². The fraction of sp³-hybridized carbons (Fsp3) is 0.524. The van der Waals surface area contributed by atoms with Crippen molar-refractivity contribution in [3.63, 3.8) is 0 Å². The standard InChI is InChI=1S/C21H26FN3O/c1-15-7-5-6-14-24(15)21(26)20-18-8-3-2-4-9-19(18)25(23-20)17-12-10-16(22)11-13-17/h10-13,15H,2-9,14H2,1H3/t15-/m0/s1. The van der Waals surface area contributed by atoms with Crippen LogP contribution in [0.4, 0.5) is 4.39 Å². The lowest BCUT2D eigenvalue weighted by atomic mass is 10.0. The highest BCUT2D eigenvalue weighted by Gasteiger charge is 2.31. The molecule has 1 aliphatic heterocycles. The average Bonchev–Trinajstić information content (AvgIpc) is 2.84. The minimum absolute atomic E-state index is 0.0659. The van der Waals surface area contributed by atoms with E-state index >= 15 is 0 Å². The lowest BCUT2D eigenvalue weighted by Gasteiger charge is -2.33. The maximum absolute atomic E-state index is 13.3. The Balaban J connectivity index is 1.77. The number of piperidine rings is 1. The van der Waals surface area contributed by atoms with E-state index in [1.807, 2.05) is 9.58 Å². The fourth-order valence-electron chi connectivity index (χ4n) is 4.28. The van der Waals surface area contributed by atoms with Gasteiger partial charge in [0.15, 0.2) is 5.69 Å². The number of likely N-dealkylation sites (tertiary alicyclic amines) is 1. The third-order valence-electron chi connectivity index (χ3n) is 5.77. The molecule has 26 heavy (non-hydrogen) atoms. The van der Waals surface area contributed by atoms with E-state index in [-0.39, 0.29) is 17.8 Å². The Morgan fingerprint density at radius 1 is 1.08 bits per heavy atom. The summed E-state index contributed by atoms with van der Waals surface area (Å²) in [5, 5.41) is 4.75. The predicted octanol–water partition coefficient (Wildman–Crippen LogP) is 4.29. The normalized spacial score (nSPS) is 20.5. The van der Waals surface area contributed by atoms with Crippen LogP contribution in [0, 0.1) is 5.82 Å². The molecule has 0 bridgehead atoms. The first-order chi connectivity index (χ1) is 12.6. The summed E-state index contributed by atoms with van der Waals surface area (Å²) < 4.78 is 15.2. The summed E-state index contributed by atoms with van der Waals surface area (Å²) in [7, 11) is 0. The van der Waals surface area contributed by atoms with Gasteiger partial charge in [-0.25, -0.2) is 9.07 Å². The molecule has 4 nitrogen and oxygen atoms in total. The van der Waals surface area contributed by atoms with Gasteiger partial charge in [-0.2, -0.15) is 5.10 Å². The lowest BCUT2D eigenvalue weighted by Crippen LogP contribution is -2.42. The molecule has 0 unspecified atom stereocenters. The first-order valence-corrected chi connectivity index (χ1v) is 9.83. The van der Waals surface area contributed by atoms with E-state index in [2.05, 4.69) is 6.92 Å². The van der Waals surface area contributed by atoms with E-state index in [1.54, 1.807) is 12.1 Å². The minimum atomic E-state index is -0.259. The molecule has 2 heterocycles. The van der Waals surface area contributed by atoms with Crippen LogP contribution in [0.5, 0.6) is 0 Å². The van der Waals surface area contributed by atoms with Gasteiger partial charge >= 0.3 is 0 Å². The Morgan fingerprint density at radius 2 is 1.85 bits per heavy atom. The van der Waals surface area contributed by atoms with Gasteiger partial charge in [0.25, 0.3) is 5.91 Å². The van der Waals surface area contributed by atoms with E-state index in [4.69, 9.17) is 5.10 Å². The number of fused-ring (bicyclic) bond motifs is 1. The molecular formula is C21H26FN3O. The molecule has 2 aromatic rings. The van der Waals surface area contributed by atoms with E-state index in [1.165, 1.54) is 25.0 Å². The number of aromatic nitrogens is 2. The number of hydrogen-bond acceptors (Lipinski definition) is 2. The molecule has 1 aliphatic carbocycles. The number of rotatable bonds is 2. The second kappa shape index (κ2) is 7.22. The van der Waals surface area contributed by atoms with Crippen molar-refractivity contribution in [2.24, 2.45) is 0 Å². The number of nitrogens with zero attached hydrogens (tertiary/aromatic N) is 3. The van der Waals surface area contributed by atoms with Gasteiger partial charge in [0.1, 0.15) is 5.82 Å². The second-order valence-electron chi connectivity index (χ2n) is 7.57. The minimum Gasteiger partial charge on any atom is -0.335 e. The Bertz CT molecular complexity index is 796. The summed E-state index contributed by atoms with van der Waals surface area (Å²) >= 11 is 0. The Kier molecular flexibility index (Phi) is 4.79. The third kappa shape index (κ3) is 3.15. The topological polar surface area (TPSA) is 38.1 Å². The van der Waals surface area contributed by atoms with Crippen LogP contribution in [-0.4, -0.2) is 33.2 Å². The summed E-state index contributed by atoms with van der Waals surface area (Å²) in [4.78, 5) is 15.3. The van der Waals surface area contributed by atoms with Crippen molar-refractivity contribution in [2.75, 3.05) is 6.54 Å². The zero-order chi connectivity index (χ0) is 18.1. The van der Waals surface area contributed by atoms with E-state index in [0.29, 0.717) is 5.69 Å². The maximum Gasteiger partial charge on any atom is 0.274 e. The third-order valence-corrected chi connectivity index (χ3v) is 5.77. The summed E-state index contributed by atoms with van der Waals surface area (Å²) in [6.07, 6.45) is 8.51. The number of benzene rings is 1. The van der Waals surface area contributed by atoms with Crippen LogP contribution in [0.2, 0.25) is 0 Å². The molecule has 1 aromatic heterocycles. The van der Waals surface area contributed by atoms with E-state index in [0.717, 1.165) is 62.0 Å². The van der Waals surface area contributed by atoms with Gasteiger partial charge in [-0.15, -0.1) is 0 Å². The molecule has 4 rings (SSSR count). The highest BCUT2D eigenvalue weighted by Crippen LogP contribution is 2.28. The van der Waals surface area contributed by atoms with Crippen LogP contribution in [0.15, 0.2) is 24.3 Å². The number of amides is 1. The van der Waals surface area contributed by atoms with Crippen LogP contribution in [0.25, 0.3) is 5.69 Å². The molecule has 1 aromatic carbocycles. The first-order valence-electron chi connectivity index (χ1n) is 9.83. The zero-order valence-corrected chi connectivity index (χ0v) is 15.4. The van der Waals surface area contributed by atoms with Crippen LogP contribution < -0.4 is 0 Å². The van der Waals surface area contributed by atoms with Crippen molar-refractivity contribution in [1.29, 1.82) is 0 Å². The summed E-state index contributed by atoms with van der Waals surface area (Å²) in [5.41, 5.74) is 3.67. The SMILES string of the molecule is C[C@H]1CCCCN1C(=O)c1nn(-c2ccc(F)cc2)c2c1CCCCC2. The van der Waals surface area contributed by atoms with Crippen molar-refractivity contribution in [2.45, 2.75) is 64.3 Å². The number of carbonyl (C=O) groups is 1. The van der Waals surface area contributed by atoms with Gasteiger partial charge in [0.05, 0.1) is 5.69 Å². The molecule has 5 heteroatoms. The summed E-state index contributed by atoms with van der Waals surface area (Å²) in [5.74, 6) is -0.193. The molecular weight excluding hydrogens is 329 g/mol. The van der Waals surface area contributed by atoms with Crippen molar-refractivity contribution in [1.82, 2.24) is 14.7 Å². The first kappa shape index (κ1) is 17.3. The predicted molar refractivity (Wildman–Crippen MR) is 99.1 cm³/mol. The van der Waals surface area contributed by atoms with Crippen LogP contribution in [0.3, 0.4) is 0 Å². The van der Waals surface area contributed by atoms with Crippen LogP contribution in [0.1, 0.15) is 67.2 Å². The Morgan fingerprint density at radius 3 is 2.62 bits per heavy atom. The quantitative estimate of drug-likeness (QED) is 0.754. The molecule has 1 saturated heterocycles. The van der Waals surface area contributed by atoms with Crippen molar-refractivity contribution in [3.05, 3.63) is 47.0 Å². The fourth-order valence-corrected chi connectivity index (χ4v) is 4.28. The maximum atomic E-state index is 13.3. The zero-order valence-electron chi connectivity index (χ0n) is 15.4. The summed E-state index contributed by atoms with van der Waals surface area (Å²) in [6, 6.07) is 6.66. The number of carbonyl (C=O) groups excluding carboxylic acids is 1. The molecule has 138 valence electrons. The molecule has 0 N–H and O–H groups in total. The van der Waals surface area contributed by atoms with E-state index < -0.39 is 0 Å². The van der Waals surface area contributed by atoms with Gasteiger partial charge in [-0.1, -0.05) is 6.42 Å². The van der Waals surface area contributed by atoms with E-state index in [9.17, 15) is 9.18 Å². The van der Waals surface area contributed by atoms with Crippen molar-refractivity contribution < 1.29 is 9.18 Å². The smallest absolute Gasteiger partial charge is 0.274 e. The monoisotopic (exact) mass is 355 g/mol. The number of hydrogen-bond donors (Lipinski definition) is 0. The average molecular weight is 355 g/mol. The molecule has 1 atom stereocenters. The van der Waals surface area contributed by atoms with Crippen molar-refractivity contribution in [3.8, 4) is 5.69 Å². The number of halogens is 1. The summed E-state index contributed by atoms with van der Waals surface area (Å²) in [6.45, 7) is 2.95. The highest BCUT2D eigenvalue weighted by molar-refractivity contribution is 5.94. The second-order valence-corrected chi connectivity index (χ2v) is 7.57. The van der Waals surface area contributed by atoms with Crippen molar-refractivity contribution >= 4 is 5.91 Å². The molecule has 1 fully saturated rings. The molecule has 0 radical (unpaired) electrons. The highest BCUT2D eigenvalue weighted by atomic mass is 19.1. The van der Waals surface area contributed by atoms with Gasteiger partial charge < -0.3 is 4.90 Å². The molecule has 0 saturated carbocycles. The molecule has 2 aliphatic rings. The molecule has 1 amide bonds.